The minimum Gasteiger partial charge on any atom is -0.370 e. The Hall–Kier alpha value is -1.52. The summed E-state index contributed by atoms with van der Waals surface area (Å²) >= 11 is 0. The van der Waals surface area contributed by atoms with Crippen molar-refractivity contribution < 1.29 is 18.0 Å². The Morgan fingerprint density at radius 2 is 2.17 bits per heavy atom. The molecule has 0 saturated carbocycles. The molecule has 1 atom stereocenters. The Bertz CT molecular complexity index is 592. The molecule has 9 heteroatoms. The van der Waals surface area contributed by atoms with Gasteiger partial charge in [0.25, 0.3) is 0 Å². The number of benzene rings is 1. The Balaban J connectivity index is 0.00000288. The fourth-order valence-electron chi connectivity index (χ4n) is 2.34. The van der Waals surface area contributed by atoms with E-state index >= 15 is 0 Å². The summed E-state index contributed by atoms with van der Waals surface area (Å²) in [5.41, 5.74) is 5.42. The number of carbonyl (C=O) groups excluding carboxylic acids is 1. The molecule has 1 fully saturated rings. The fraction of sp³-hybridized carbons (Fsp3) is 0.467. The average Bonchev–Trinajstić information content (AvgIpc) is 2.50. The lowest BCUT2D eigenvalue weighted by atomic mass is 10.0. The van der Waals surface area contributed by atoms with Gasteiger partial charge in [-0.3, -0.25) is 4.79 Å². The number of carbonyl (C=O) groups is 1. The van der Waals surface area contributed by atoms with Crippen LogP contribution >= 0.6 is 24.0 Å². The first-order valence-electron chi connectivity index (χ1n) is 7.34. The summed E-state index contributed by atoms with van der Waals surface area (Å²) in [6.07, 6.45) is -2.14. The number of piperidine rings is 1. The number of alkyl halides is 3. The molecule has 24 heavy (non-hydrogen) atoms. The van der Waals surface area contributed by atoms with Crippen molar-refractivity contribution in [2.24, 2.45) is 10.7 Å². The van der Waals surface area contributed by atoms with Crippen molar-refractivity contribution in [3.63, 3.8) is 0 Å². The van der Waals surface area contributed by atoms with E-state index < -0.39 is 11.7 Å². The summed E-state index contributed by atoms with van der Waals surface area (Å²) in [6, 6.07) is 4.97. The molecule has 0 radical (unpaired) electrons. The van der Waals surface area contributed by atoms with E-state index in [-0.39, 0.29) is 48.4 Å². The van der Waals surface area contributed by atoms with Gasteiger partial charge in [0.15, 0.2) is 5.96 Å². The molecule has 2 rings (SSSR count). The summed E-state index contributed by atoms with van der Waals surface area (Å²) in [4.78, 5) is 15.3. The lowest BCUT2D eigenvalue weighted by Gasteiger charge is -2.23. The molecule has 5 nitrogen and oxygen atoms in total. The molecule has 0 aliphatic carbocycles. The quantitative estimate of drug-likeness (QED) is 0.370. The van der Waals surface area contributed by atoms with Gasteiger partial charge in [0.05, 0.1) is 12.1 Å². The highest BCUT2D eigenvalue weighted by atomic mass is 127. The van der Waals surface area contributed by atoms with Gasteiger partial charge in [-0.15, -0.1) is 24.0 Å². The number of hydrogen-bond acceptors (Lipinski definition) is 2. The van der Waals surface area contributed by atoms with Gasteiger partial charge in [-0.1, -0.05) is 12.1 Å². The van der Waals surface area contributed by atoms with Gasteiger partial charge >= 0.3 is 6.18 Å². The van der Waals surface area contributed by atoms with Crippen molar-refractivity contribution >= 4 is 35.8 Å². The minimum atomic E-state index is -4.37. The molecule has 0 bridgehead atoms. The van der Waals surface area contributed by atoms with Gasteiger partial charge in [0.2, 0.25) is 5.91 Å². The number of rotatable bonds is 4. The van der Waals surface area contributed by atoms with Crippen LogP contribution in [0.15, 0.2) is 29.3 Å². The number of hydrogen-bond donors (Lipinski definition) is 3. The molecule has 4 N–H and O–H groups in total. The van der Waals surface area contributed by atoms with E-state index in [1.54, 1.807) is 6.07 Å². The predicted molar refractivity (Wildman–Crippen MR) is 96.0 cm³/mol. The maximum absolute atomic E-state index is 12.6. The molecular weight excluding hydrogens is 436 g/mol. The number of nitrogens with one attached hydrogen (secondary N) is 2. The molecule has 1 aromatic rings. The molecule has 1 aliphatic heterocycles. The van der Waals surface area contributed by atoms with Crippen LogP contribution in [0.4, 0.5) is 13.2 Å². The number of aliphatic imine (C=N–C) groups is 1. The van der Waals surface area contributed by atoms with Crippen LogP contribution in [0.25, 0.3) is 0 Å². The normalized spacial score (nSPS) is 18.5. The number of amides is 1. The Labute approximate surface area is 155 Å². The average molecular weight is 456 g/mol. The maximum atomic E-state index is 12.6. The van der Waals surface area contributed by atoms with Crippen molar-refractivity contribution in [3.05, 3.63) is 35.4 Å². The van der Waals surface area contributed by atoms with Crippen LogP contribution in [0.5, 0.6) is 0 Å². The summed E-state index contributed by atoms with van der Waals surface area (Å²) < 4.78 is 37.9. The van der Waals surface area contributed by atoms with Gasteiger partial charge in [-0.05, 0) is 30.5 Å². The van der Waals surface area contributed by atoms with E-state index in [2.05, 4.69) is 15.6 Å². The van der Waals surface area contributed by atoms with E-state index in [0.29, 0.717) is 18.5 Å². The molecule has 1 heterocycles. The highest BCUT2D eigenvalue weighted by Gasteiger charge is 2.30. The first-order chi connectivity index (χ1) is 10.8. The molecule has 134 valence electrons. The van der Waals surface area contributed by atoms with Crippen molar-refractivity contribution in [1.82, 2.24) is 10.6 Å². The molecule has 1 saturated heterocycles. The zero-order chi connectivity index (χ0) is 16.9. The van der Waals surface area contributed by atoms with Crippen molar-refractivity contribution in [1.29, 1.82) is 0 Å². The lowest BCUT2D eigenvalue weighted by Crippen LogP contribution is -2.47. The monoisotopic (exact) mass is 456 g/mol. The first kappa shape index (κ1) is 20.5. The van der Waals surface area contributed by atoms with Gasteiger partial charge in [-0.25, -0.2) is 4.99 Å². The largest absolute Gasteiger partial charge is 0.416 e. The second-order valence-corrected chi connectivity index (χ2v) is 5.44. The van der Waals surface area contributed by atoms with Gasteiger partial charge in [-0.2, -0.15) is 13.2 Å². The van der Waals surface area contributed by atoms with Gasteiger partial charge in [0.1, 0.15) is 0 Å². The topological polar surface area (TPSA) is 79.5 Å². The molecule has 1 unspecified atom stereocenters. The number of nitrogens with zero attached hydrogens (tertiary/aromatic N) is 1. The fourth-order valence-corrected chi connectivity index (χ4v) is 2.34. The summed E-state index contributed by atoms with van der Waals surface area (Å²) in [5, 5.41) is 5.71. The van der Waals surface area contributed by atoms with E-state index in [9.17, 15) is 18.0 Å². The number of halogens is 4. The SMILES string of the molecule is I.NC(=NCc1cccc(C(F)(F)F)c1)NCC1CCCC(=O)N1. The van der Waals surface area contributed by atoms with Crippen LogP contribution in [0, 0.1) is 0 Å². The van der Waals surface area contributed by atoms with E-state index in [4.69, 9.17) is 5.73 Å². The molecule has 1 aromatic carbocycles. The zero-order valence-electron chi connectivity index (χ0n) is 12.9. The number of guanidine groups is 1. The lowest BCUT2D eigenvalue weighted by molar-refractivity contribution is -0.137. The van der Waals surface area contributed by atoms with Crippen molar-refractivity contribution in [3.8, 4) is 0 Å². The third-order valence-electron chi connectivity index (χ3n) is 3.54. The van der Waals surface area contributed by atoms with Crippen LogP contribution < -0.4 is 16.4 Å². The molecule has 0 aromatic heterocycles. The van der Waals surface area contributed by atoms with Gasteiger partial charge in [0, 0.05) is 19.0 Å². The van der Waals surface area contributed by atoms with Crippen LogP contribution in [0.2, 0.25) is 0 Å². The zero-order valence-corrected chi connectivity index (χ0v) is 15.2. The van der Waals surface area contributed by atoms with Crippen LogP contribution in [0.3, 0.4) is 0 Å². The molecule has 1 aliphatic rings. The smallest absolute Gasteiger partial charge is 0.370 e. The predicted octanol–water partition coefficient (Wildman–Crippen LogP) is 2.40. The second-order valence-electron chi connectivity index (χ2n) is 5.44. The minimum absolute atomic E-state index is 0. The highest BCUT2D eigenvalue weighted by Crippen LogP contribution is 2.29. The third kappa shape index (κ3) is 6.54. The Morgan fingerprint density at radius 3 is 2.83 bits per heavy atom. The maximum Gasteiger partial charge on any atom is 0.416 e. The Morgan fingerprint density at radius 1 is 1.42 bits per heavy atom. The van der Waals surface area contributed by atoms with E-state index in [0.717, 1.165) is 25.0 Å². The van der Waals surface area contributed by atoms with Crippen LogP contribution in [-0.4, -0.2) is 24.5 Å². The van der Waals surface area contributed by atoms with Gasteiger partial charge < -0.3 is 16.4 Å². The van der Waals surface area contributed by atoms with Crippen LogP contribution in [0.1, 0.15) is 30.4 Å². The standard InChI is InChI=1S/C15H19F3N4O.HI/c16-15(17,18)11-4-1-3-10(7-11)8-20-14(19)21-9-12-5-2-6-13(23)22-12;/h1,3-4,7,12H,2,5-6,8-9H2,(H,22,23)(H3,19,20,21);1H. The molecular formula is C15H20F3IN4O. The molecule has 1 amide bonds. The van der Waals surface area contributed by atoms with Crippen LogP contribution in [-0.2, 0) is 17.5 Å². The Kier molecular flexibility index (Phi) is 7.77. The summed E-state index contributed by atoms with van der Waals surface area (Å²) in [6.45, 7) is 0.503. The highest BCUT2D eigenvalue weighted by molar-refractivity contribution is 14.0. The number of nitrogens with two attached hydrogens (primary N) is 1. The summed E-state index contributed by atoms with van der Waals surface area (Å²) in [5.74, 6) is 0.157. The van der Waals surface area contributed by atoms with E-state index in [1.807, 2.05) is 0 Å². The van der Waals surface area contributed by atoms with E-state index in [1.165, 1.54) is 6.07 Å². The third-order valence-corrected chi connectivity index (χ3v) is 3.54. The molecule has 0 spiro atoms. The summed E-state index contributed by atoms with van der Waals surface area (Å²) in [7, 11) is 0. The van der Waals surface area contributed by atoms with Crippen molar-refractivity contribution in [2.45, 2.75) is 38.0 Å². The second kappa shape index (κ2) is 9.09. The first-order valence-corrected chi connectivity index (χ1v) is 7.34. The van der Waals surface area contributed by atoms with Crippen molar-refractivity contribution in [2.75, 3.05) is 6.54 Å².